The molecule has 0 saturated heterocycles. The van der Waals surface area contributed by atoms with Gasteiger partial charge < -0.3 is 10.6 Å². The fourth-order valence-corrected chi connectivity index (χ4v) is 2.08. The summed E-state index contributed by atoms with van der Waals surface area (Å²) in [7, 11) is 0. The number of nitrogens with zero attached hydrogens (tertiary/aromatic N) is 1. The van der Waals surface area contributed by atoms with Crippen molar-refractivity contribution in [1.29, 1.82) is 0 Å². The van der Waals surface area contributed by atoms with E-state index in [-0.39, 0.29) is 6.04 Å². The van der Waals surface area contributed by atoms with E-state index in [0.29, 0.717) is 0 Å². The molecule has 1 saturated carbocycles. The molecule has 0 heterocycles. The summed E-state index contributed by atoms with van der Waals surface area (Å²) in [4.78, 5) is 2.48. The molecule has 2 nitrogen and oxygen atoms in total. The molecule has 2 heteroatoms. The van der Waals surface area contributed by atoms with Gasteiger partial charge in [-0.1, -0.05) is 37.3 Å². The summed E-state index contributed by atoms with van der Waals surface area (Å²) in [6, 6.07) is 10.6. The molecule has 0 spiro atoms. The van der Waals surface area contributed by atoms with Gasteiger partial charge in [-0.15, -0.1) is 0 Å². The summed E-state index contributed by atoms with van der Waals surface area (Å²) in [6.45, 7) is 5.55. The quantitative estimate of drug-likeness (QED) is 0.794. The lowest BCUT2D eigenvalue weighted by Crippen LogP contribution is -2.33. The van der Waals surface area contributed by atoms with Crippen LogP contribution < -0.4 is 5.73 Å². The molecule has 1 aliphatic carbocycles. The zero-order valence-electron chi connectivity index (χ0n) is 10.1. The Labute approximate surface area is 98.4 Å². The highest BCUT2D eigenvalue weighted by molar-refractivity contribution is 5.18. The highest BCUT2D eigenvalue weighted by atomic mass is 15.1. The van der Waals surface area contributed by atoms with Crippen LogP contribution in [0.2, 0.25) is 0 Å². The Morgan fingerprint density at radius 2 is 2.00 bits per heavy atom. The van der Waals surface area contributed by atoms with Gasteiger partial charge >= 0.3 is 0 Å². The first-order valence-electron chi connectivity index (χ1n) is 6.32. The van der Waals surface area contributed by atoms with Gasteiger partial charge in [0.05, 0.1) is 0 Å². The first kappa shape index (κ1) is 11.6. The fourth-order valence-electron chi connectivity index (χ4n) is 2.08. The molecule has 1 aromatic carbocycles. The molecule has 1 atom stereocenters. The minimum absolute atomic E-state index is 0.153. The molecule has 0 aliphatic heterocycles. The van der Waals surface area contributed by atoms with Gasteiger partial charge in [-0.2, -0.15) is 0 Å². The highest BCUT2D eigenvalue weighted by Gasteiger charge is 2.24. The van der Waals surface area contributed by atoms with Crippen molar-refractivity contribution in [2.75, 3.05) is 19.6 Å². The normalized spacial score (nSPS) is 17.7. The van der Waals surface area contributed by atoms with Crippen molar-refractivity contribution in [2.24, 2.45) is 11.7 Å². The fraction of sp³-hybridized carbons (Fsp3) is 0.571. The third-order valence-electron chi connectivity index (χ3n) is 3.34. The van der Waals surface area contributed by atoms with E-state index in [1.165, 1.54) is 24.9 Å². The lowest BCUT2D eigenvalue weighted by Gasteiger charge is -2.24. The number of hydrogen-bond donors (Lipinski definition) is 1. The first-order valence-corrected chi connectivity index (χ1v) is 6.32. The summed E-state index contributed by atoms with van der Waals surface area (Å²) in [5.74, 6) is 0.947. The van der Waals surface area contributed by atoms with E-state index in [9.17, 15) is 0 Å². The Hall–Kier alpha value is -0.860. The van der Waals surface area contributed by atoms with Gasteiger partial charge in [-0.25, -0.2) is 0 Å². The van der Waals surface area contributed by atoms with E-state index in [1.54, 1.807) is 0 Å². The Morgan fingerprint density at radius 3 is 2.56 bits per heavy atom. The molecule has 16 heavy (non-hydrogen) atoms. The number of likely N-dealkylation sites (N-methyl/N-ethyl adjacent to an activating group) is 1. The maximum absolute atomic E-state index is 6.23. The topological polar surface area (TPSA) is 29.3 Å². The summed E-state index contributed by atoms with van der Waals surface area (Å²) in [6.07, 6.45) is 2.83. The van der Waals surface area contributed by atoms with Crippen molar-refractivity contribution in [1.82, 2.24) is 4.90 Å². The van der Waals surface area contributed by atoms with Crippen LogP contribution in [-0.4, -0.2) is 24.5 Å². The zero-order chi connectivity index (χ0) is 11.4. The zero-order valence-corrected chi connectivity index (χ0v) is 10.1. The summed E-state index contributed by atoms with van der Waals surface area (Å²) >= 11 is 0. The minimum atomic E-state index is 0.153. The van der Waals surface area contributed by atoms with E-state index < -0.39 is 0 Å². The molecule has 0 radical (unpaired) electrons. The van der Waals surface area contributed by atoms with Crippen LogP contribution in [0, 0.1) is 5.92 Å². The van der Waals surface area contributed by atoms with Crippen molar-refractivity contribution >= 4 is 0 Å². The lowest BCUT2D eigenvalue weighted by molar-refractivity contribution is 0.260. The number of hydrogen-bond acceptors (Lipinski definition) is 2. The average Bonchev–Trinajstić information content (AvgIpc) is 3.13. The van der Waals surface area contributed by atoms with Crippen LogP contribution in [0.15, 0.2) is 30.3 Å². The van der Waals surface area contributed by atoms with Gasteiger partial charge in [-0.3, -0.25) is 0 Å². The Kier molecular flexibility index (Phi) is 3.97. The Morgan fingerprint density at radius 1 is 1.31 bits per heavy atom. The van der Waals surface area contributed by atoms with Gasteiger partial charge in [0, 0.05) is 19.1 Å². The molecular weight excluding hydrogens is 196 g/mol. The van der Waals surface area contributed by atoms with Crippen LogP contribution in [0.4, 0.5) is 0 Å². The van der Waals surface area contributed by atoms with Crippen LogP contribution >= 0.6 is 0 Å². The van der Waals surface area contributed by atoms with Crippen molar-refractivity contribution in [2.45, 2.75) is 25.8 Å². The second-order valence-corrected chi connectivity index (χ2v) is 4.81. The van der Waals surface area contributed by atoms with E-state index in [4.69, 9.17) is 5.73 Å². The second-order valence-electron chi connectivity index (χ2n) is 4.81. The third-order valence-corrected chi connectivity index (χ3v) is 3.34. The third kappa shape index (κ3) is 3.32. The average molecular weight is 218 g/mol. The van der Waals surface area contributed by atoms with Gasteiger partial charge in [0.2, 0.25) is 0 Å². The van der Waals surface area contributed by atoms with E-state index in [1.807, 2.05) is 6.07 Å². The van der Waals surface area contributed by atoms with E-state index >= 15 is 0 Å². The van der Waals surface area contributed by atoms with Crippen LogP contribution in [0.3, 0.4) is 0 Å². The SMILES string of the molecule is CCN(CC1CC1)CC(N)c1ccccc1. The van der Waals surface area contributed by atoms with Gasteiger partial charge in [-0.05, 0) is 30.9 Å². The first-order chi connectivity index (χ1) is 7.79. The summed E-state index contributed by atoms with van der Waals surface area (Å²) in [5.41, 5.74) is 7.47. The molecule has 2 N–H and O–H groups in total. The molecule has 0 amide bonds. The smallest absolute Gasteiger partial charge is 0.0424 e. The monoisotopic (exact) mass is 218 g/mol. The predicted octanol–water partition coefficient (Wildman–Crippen LogP) is 2.42. The standard InChI is InChI=1S/C14H22N2/c1-2-16(10-12-8-9-12)11-14(15)13-6-4-3-5-7-13/h3-7,12,14H,2,8-11,15H2,1H3. The molecule has 1 unspecified atom stereocenters. The lowest BCUT2D eigenvalue weighted by atomic mass is 10.1. The molecule has 0 bridgehead atoms. The molecule has 88 valence electrons. The second kappa shape index (κ2) is 5.46. The van der Waals surface area contributed by atoms with E-state index in [0.717, 1.165) is 19.0 Å². The number of benzene rings is 1. The van der Waals surface area contributed by atoms with Crippen LogP contribution in [0.25, 0.3) is 0 Å². The predicted molar refractivity (Wildman–Crippen MR) is 68.2 cm³/mol. The van der Waals surface area contributed by atoms with Crippen molar-refractivity contribution in [3.05, 3.63) is 35.9 Å². The summed E-state index contributed by atoms with van der Waals surface area (Å²) in [5, 5.41) is 0. The molecule has 1 fully saturated rings. The molecule has 1 aliphatic rings. The maximum Gasteiger partial charge on any atom is 0.0424 e. The molecule has 1 aromatic rings. The van der Waals surface area contributed by atoms with Gasteiger partial charge in [0.15, 0.2) is 0 Å². The molecule has 0 aromatic heterocycles. The highest BCUT2D eigenvalue weighted by Crippen LogP contribution is 2.30. The molecule has 2 rings (SSSR count). The molecular formula is C14H22N2. The van der Waals surface area contributed by atoms with Gasteiger partial charge in [0.1, 0.15) is 0 Å². The van der Waals surface area contributed by atoms with Crippen LogP contribution in [-0.2, 0) is 0 Å². The van der Waals surface area contributed by atoms with E-state index in [2.05, 4.69) is 36.1 Å². The summed E-state index contributed by atoms with van der Waals surface area (Å²) < 4.78 is 0. The van der Waals surface area contributed by atoms with Crippen molar-refractivity contribution < 1.29 is 0 Å². The van der Waals surface area contributed by atoms with Crippen molar-refractivity contribution in [3.63, 3.8) is 0 Å². The minimum Gasteiger partial charge on any atom is -0.323 e. The van der Waals surface area contributed by atoms with Crippen LogP contribution in [0.1, 0.15) is 31.4 Å². The Balaban J connectivity index is 1.86. The van der Waals surface area contributed by atoms with Gasteiger partial charge in [0.25, 0.3) is 0 Å². The van der Waals surface area contributed by atoms with Crippen LogP contribution in [0.5, 0.6) is 0 Å². The maximum atomic E-state index is 6.23. The number of nitrogens with two attached hydrogens (primary N) is 1. The largest absolute Gasteiger partial charge is 0.323 e. The Bertz CT molecular complexity index is 306. The number of rotatable bonds is 6. The van der Waals surface area contributed by atoms with Crippen molar-refractivity contribution in [3.8, 4) is 0 Å².